The highest BCUT2D eigenvalue weighted by Gasteiger charge is 2.44. The molecule has 1 saturated carbocycles. The lowest BCUT2D eigenvalue weighted by Gasteiger charge is -2.37. The zero-order valence-corrected chi connectivity index (χ0v) is 10.7. The summed E-state index contributed by atoms with van der Waals surface area (Å²) >= 11 is 0.869. The van der Waals surface area contributed by atoms with E-state index in [0.29, 0.717) is 12.8 Å². The number of carbonyl (C=O) groups is 2. The first-order valence-corrected chi connectivity index (χ1v) is 6.57. The fraction of sp³-hybridized carbons (Fsp3) is 0.455. The van der Waals surface area contributed by atoms with E-state index in [0.717, 1.165) is 17.8 Å². The van der Waals surface area contributed by atoms with Gasteiger partial charge in [-0.05, 0) is 12.8 Å². The first kappa shape index (κ1) is 13.5. The second-order valence-electron chi connectivity index (χ2n) is 4.55. The molecule has 102 valence electrons. The maximum Gasteiger partial charge on any atom is 0.324 e. The molecule has 0 saturated heterocycles. The van der Waals surface area contributed by atoms with E-state index in [9.17, 15) is 19.7 Å². The van der Waals surface area contributed by atoms with Crippen molar-refractivity contribution >= 4 is 28.2 Å². The van der Waals surface area contributed by atoms with Gasteiger partial charge in [-0.25, -0.2) is 0 Å². The van der Waals surface area contributed by atoms with Crippen molar-refractivity contribution in [3.8, 4) is 0 Å². The molecular formula is C11H12N2O5S. The van der Waals surface area contributed by atoms with Crippen LogP contribution in [0.25, 0.3) is 0 Å². The molecule has 0 aromatic carbocycles. The van der Waals surface area contributed by atoms with Crippen molar-refractivity contribution in [2.45, 2.75) is 19.3 Å². The normalized spacial score (nSPS) is 16.4. The van der Waals surface area contributed by atoms with Gasteiger partial charge in [-0.3, -0.25) is 19.7 Å². The number of thiophene rings is 1. The molecule has 0 bridgehead atoms. The molecule has 19 heavy (non-hydrogen) atoms. The van der Waals surface area contributed by atoms with Gasteiger partial charge in [0.2, 0.25) is 0 Å². The number of rotatable bonds is 5. The number of aliphatic carboxylic acids is 1. The average molecular weight is 284 g/mol. The van der Waals surface area contributed by atoms with Gasteiger partial charge in [-0.2, -0.15) is 0 Å². The minimum atomic E-state index is -0.907. The summed E-state index contributed by atoms with van der Waals surface area (Å²) in [5.74, 6) is -1.38. The van der Waals surface area contributed by atoms with Crippen LogP contribution in [0.4, 0.5) is 5.00 Å². The van der Waals surface area contributed by atoms with Crippen LogP contribution in [0.15, 0.2) is 11.4 Å². The van der Waals surface area contributed by atoms with Gasteiger partial charge in [0, 0.05) is 18.0 Å². The van der Waals surface area contributed by atoms with Crippen molar-refractivity contribution in [2.75, 3.05) is 6.54 Å². The number of hydrogen-bond acceptors (Lipinski definition) is 5. The van der Waals surface area contributed by atoms with Crippen molar-refractivity contribution in [3.05, 3.63) is 27.1 Å². The summed E-state index contributed by atoms with van der Waals surface area (Å²) in [6.07, 6.45) is 1.94. The molecule has 1 aromatic heterocycles. The Morgan fingerprint density at radius 2 is 2.21 bits per heavy atom. The standard InChI is InChI=1S/C11H12N2O5S/c14-9(7-4-8(13(17)18)19-5-7)12-6-11(10(15)16)2-1-3-11/h4-5H,1-3,6H2,(H,12,14)(H,15,16). The third-order valence-corrected chi connectivity index (χ3v) is 4.26. The molecule has 8 heteroatoms. The van der Waals surface area contributed by atoms with Crippen LogP contribution in [0, 0.1) is 15.5 Å². The largest absolute Gasteiger partial charge is 0.481 e. The summed E-state index contributed by atoms with van der Waals surface area (Å²) in [6, 6.07) is 1.19. The third-order valence-electron chi connectivity index (χ3n) is 3.38. The summed E-state index contributed by atoms with van der Waals surface area (Å²) in [4.78, 5) is 32.8. The van der Waals surface area contributed by atoms with Crippen LogP contribution >= 0.6 is 11.3 Å². The fourth-order valence-electron chi connectivity index (χ4n) is 1.96. The summed E-state index contributed by atoms with van der Waals surface area (Å²) in [6.45, 7) is 0.0603. The number of carbonyl (C=O) groups excluding carboxylic acids is 1. The van der Waals surface area contributed by atoms with Gasteiger partial charge < -0.3 is 10.4 Å². The third kappa shape index (κ3) is 2.58. The minimum Gasteiger partial charge on any atom is -0.481 e. The lowest BCUT2D eigenvalue weighted by Crippen LogP contribution is -2.47. The highest BCUT2D eigenvalue weighted by molar-refractivity contribution is 7.13. The van der Waals surface area contributed by atoms with Crippen molar-refractivity contribution in [2.24, 2.45) is 5.41 Å². The van der Waals surface area contributed by atoms with E-state index < -0.39 is 22.2 Å². The summed E-state index contributed by atoms with van der Waals surface area (Å²) in [5.41, 5.74) is -0.672. The van der Waals surface area contributed by atoms with Crippen LogP contribution in [0.1, 0.15) is 29.6 Å². The Morgan fingerprint density at radius 1 is 1.53 bits per heavy atom. The minimum absolute atomic E-state index is 0.0603. The van der Waals surface area contributed by atoms with Crippen LogP contribution < -0.4 is 5.32 Å². The number of carboxylic acids is 1. The number of nitro groups is 1. The highest BCUT2D eigenvalue weighted by Crippen LogP contribution is 2.40. The van der Waals surface area contributed by atoms with E-state index in [1.807, 2.05) is 0 Å². The highest BCUT2D eigenvalue weighted by atomic mass is 32.1. The molecule has 1 aliphatic carbocycles. The molecule has 2 rings (SSSR count). The molecule has 1 heterocycles. The molecule has 0 atom stereocenters. The number of amides is 1. The molecular weight excluding hydrogens is 272 g/mol. The summed E-state index contributed by atoms with van der Waals surface area (Å²) in [7, 11) is 0. The molecule has 1 aromatic rings. The van der Waals surface area contributed by atoms with E-state index in [2.05, 4.69) is 5.32 Å². The van der Waals surface area contributed by atoms with Crippen LogP contribution in [-0.4, -0.2) is 28.5 Å². The van der Waals surface area contributed by atoms with Crippen LogP contribution in [0.5, 0.6) is 0 Å². The van der Waals surface area contributed by atoms with E-state index in [1.54, 1.807) is 0 Å². The van der Waals surface area contributed by atoms with Crippen molar-refractivity contribution < 1.29 is 19.6 Å². The second kappa shape index (κ2) is 4.96. The molecule has 0 spiro atoms. The monoisotopic (exact) mass is 284 g/mol. The lowest BCUT2D eigenvalue weighted by molar-refractivity contribution is -0.380. The predicted molar refractivity (Wildman–Crippen MR) is 67.2 cm³/mol. The molecule has 0 aliphatic heterocycles. The van der Waals surface area contributed by atoms with Crippen molar-refractivity contribution in [1.82, 2.24) is 5.32 Å². The van der Waals surface area contributed by atoms with Gasteiger partial charge in [0.1, 0.15) is 0 Å². The average Bonchev–Trinajstić information content (AvgIpc) is 2.75. The van der Waals surface area contributed by atoms with E-state index in [4.69, 9.17) is 5.11 Å². The van der Waals surface area contributed by atoms with E-state index >= 15 is 0 Å². The number of nitrogens with one attached hydrogen (secondary N) is 1. The number of hydrogen-bond donors (Lipinski definition) is 2. The van der Waals surface area contributed by atoms with Gasteiger partial charge >= 0.3 is 11.0 Å². The summed E-state index contributed by atoms with van der Waals surface area (Å²) < 4.78 is 0. The Kier molecular flexibility index (Phi) is 3.52. The smallest absolute Gasteiger partial charge is 0.324 e. The quantitative estimate of drug-likeness (QED) is 0.631. The topological polar surface area (TPSA) is 110 Å². The van der Waals surface area contributed by atoms with Gasteiger partial charge in [0.15, 0.2) is 0 Å². The zero-order valence-electron chi connectivity index (χ0n) is 9.92. The lowest BCUT2D eigenvalue weighted by atomic mass is 9.69. The van der Waals surface area contributed by atoms with Crippen LogP contribution in [0.2, 0.25) is 0 Å². The molecule has 0 radical (unpaired) electrons. The van der Waals surface area contributed by atoms with Crippen molar-refractivity contribution in [3.63, 3.8) is 0 Å². The van der Waals surface area contributed by atoms with Gasteiger partial charge in [-0.1, -0.05) is 17.8 Å². The van der Waals surface area contributed by atoms with Gasteiger partial charge in [0.25, 0.3) is 5.91 Å². The Morgan fingerprint density at radius 3 is 2.63 bits per heavy atom. The Labute approximate surface area is 112 Å². The molecule has 1 fully saturated rings. The number of carboxylic acid groups (broad SMARTS) is 1. The maximum atomic E-state index is 11.8. The molecule has 1 aliphatic rings. The van der Waals surface area contributed by atoms with Gasteiger partial charge in [-0.15, -0.1) is 0 Å². The second-order valence-corrected chi connectivity index (χ2v) is 5.44. The van der Waals surface area contributed by atoms with Crippen LogP contribution in [-0.2, 0) is 4.79 Å². The SMILES string of the molecule is O=C(NCC1(C(=O)O)CCC1)c1csc([N+](=O)[O-])c1. The molecule has 1 amide bonds. The Hall–Kier alpha value is -1.96. The molecule has 2 N–H and O–H groups in total. The van der Waals surface area contributed by atoms with Gasteiger partial charge in [0.05, 0.1) is 15.9 Å². The Bertz CT molecular complexity index is 535. The number of nitrogens with zero attached hydrogens (tertiary/aromatic N) is 1. The van der Waals surface area contributed by atoms with Crippen molar-refractivity contribution in [1.29, 1.82) is 0 Å². The first-order chi connectivity index (χ1) is 8.94. The fourth-order valence-corrected chi connectivity index (χ4v) is 2.66. The van der Waals surface area contributed by atoms with E-state index in [1.165, 1.54) is 11.4 Å². The van der Waals surface area contributed by atoms with E-state index in [-0.39, 0.29) is 17.1 Å². The Balaban J connectivity index is 1.97. The predicted octanol–water partition coefficient (Wildman–Crippen LogP) is 1.64. The maximum absolute atomic E-state index is 11.8. The molecule has 7 nitrogen and oxygen atoms in total. The molecule has 0 unspecified atom stereocenters. The first-order valence-electron chi connectivity index (χ1n) is 5.69. The zero-order chi connectivity index (χ0) is 14.0. The van der Waals surface area contributed by atoms with Crippen LogP contribution in [0.3, 0.4) is 0 Å². The summed E-state index contributed by atoms with van der Waals surface area (Å²) in [5, 5.41) is 23.4.